The SMILES string of the molecule is COc1c([C@H]2[C@H](C(=O)N=c3ccn(O)c([C@@H](F)CO)c3)O[C@@](C)(C(F)(F)F)[C@H]2C)ccc(F)c1F. The number of hydrogen-bond donors (Lipinski definition) is 2. The minimum absolute atomic E-state index is 0.230. The first-order chi connectivity index (χ1) is 16.3. The molecule has 1 aromatic carbocycles. The number of halogens is 6. The Labute approximate surface area is 195 Å². The molecule has 0 saturated carbocycles. The highest BCUT2D eigenvalue weighted by Crippen LogP contribution is 2.55. The van der Waals surface area contributed by atoms with E-state index in [9.17, 15) is 36.3 Å². The fourth-order valence-corrected chi connectivity index (χ4v) is 4.11. The minimum atomic E-state index is -4.95. The third-order valence-electron chi connectivity index (χ3n) is 6.22. The van der Waals surface area contributed by atoms with Crippen LogP contribution in [-0.2, 0) is 9.53 Å². The number of ether oxygens (including phenoxy) is 2. The third-order valence-corrected chi connectivity index (χ3v) is 6.22. The molecule has 1 aliphatic heterocycles. The van der Waals surface area contributed by atoms with Crippen LogP contribution in [0.1, 0.15) is 37.2 Å². The molecule has 1 aliphatic rings. The van der Waals surface area contributed by atoms with Crippen LogP contribution in [0.15, 0.2) is 35.5 Å². The lowest BCUT2D eigenvalue weighted by molar-refractivity contribution is -0.272. The van der Waals surface area contributed by atoms with E-state index in [2.05, 4.69) is 4.99 Å². The predicted molar refractivity (Wildman–Crippen MR) is 107 cm³/mol. The van der Waals surface area contributed by atoms with Gasteiger partial charge in [-0.1, -0.05) is 13.0 Å². The van der Waals surface area contributed by atoms with Gasteiger partial charge in [-0.15, -0.1) is 0 Å². The minimum Gasteiger partial charge on any atom is -0.493 e. The van der Waals surface area contributed by atoms with E-state index in [-0.39, 0.29) is 10.9 Å². The molecule has 1 saturated heterocycles. The van der Waals surface area contributed by atoms with Gasteiger partial charge in [0, 0.05) is 23.6 Å². The number of methoxy groups -OCH3 is 1. The van der Waals surface area contributed by atoms with Crippen LogP contribution in [0.2, 0.25) is 0 Å². The number of carbonyl (C=O) groups excluding carboxylic acids is 1. The summed E-state index contributed by atoms with van der Waals surface area (Å²) in [5.74, 6) is -7.58. The van der Waals surface area contributed by atoms with E-state index in [4.69, 9.17) is 14.6 Å². The molecule has 35 heavy (non-hydrogen) atoms. The molecule has 2 heterocycles. The van der Waals surface area contributed by atoms with E-state index in [1.165, 1.54) is 0 Å². The van der Waals surface area contributed by atoms with Gasteiger partial charge in [-0.3, -0.25) is 4.79 Å². The summed E-state index contributed by atoms with van der Waals surface area (Å²) in [6.45, 7) is 0.883. The van der Waals surface area contributed by atoms with Crippen molar-refractivity contribution in [3.05, 3.63) is 58.7 Å². The Kier molecular flexibility index (Phi) is 7.23. The molecule has 0 spiro atoms. The Hall–Kier alpha value is -3.06. The number of pyridine rings is 1. The second-order valence-electron chi connectivity index (χ2n) is 8.20. The summed E-state index contributed by atoms with van der Waals surface area (Å²) in [6.07, 6.45) is -7.98. The third kappa shape index (κ3) is 4.61. The fourth-order valence-electron chi connectivity index (χ4n) is 4.11. The van der Waals surface area contributed by atoms with Crippen LogP contribution in [0.3, 0.4) is 0 Å². The van der Waals surface area contributed by atoms with Crippen molar-refractivity contribution in [3.8, 4) is 5.75 Å². The average Bonchev–Trinajstić information content (AvgIpc) is 3.08. The highest BCUT2D eigenvalue weighted by atomic mass is 19.4. The van der Waals surface area contributed by atoms with E-state index < -0.39 is 71.5 Å². The molecule has 7 nitrogen and oxygen atoms in total. The first-order valence-electron chi connectivity index (χ1n) is 10.3. The summed E-state index contributed by atoms with van der Waals surface area (Å²) < 4.78 is 94.4. The normalized spacial score (nSPS) is 26.1. The van der Waals surface area contributed by atoms with Crippen molar-refractivity contribution < 1.29 is 50.9 Å². The van der Waals surface area contributed by atoms with Crippen molar-refractivity contribution >= 4 is 5.91 Å². The standard InChI is InChI=1S/C22H22F6N2O5/c1-10-16(12-4-5-13(23)17(25)18(12)34-3)19(35-21(10,2)22(26,27)28)20(32)29-11-6-7-30(33)15(8-11)14(24)9-31/h4-8,10,14,16,19,31,33H,9H2,1-3H3/t10-,14-,16-,19+,21+/m0/s1. The molecule has 1 fully saturated rings. The van der Waals surface area contributed by atoms with Crippen molar-refractivity contribution in [3.63, 3.8) is 0 Å². The Bertz CT molecular complexity index is 1180. The number of rotatable bonds is 5. The van der Waals surface area contributed by atoms with E-state index in [1.807, 2.05) is 0 Å². The summed E-state index contributed by atoms with van der Waals surface area (Å²) in [5.41, 5.74) is -3.56. The number of hydrogen-bond acceptors (Lipinski definition) is 5. The smallest absolute Gasteiger partial charge is 0.417 e. The molecule has 2 aromatic rings. The van der Waals surface area contributed by atoms with Gasteiger partial charge in [-0.25, -0.2) is 13.8 Å². The number of alkyl halides is 4. The zero-order chi connectivity index (χ0) is 26.3. The Balaban J connectivity index is 2.16. The zero-order valence-electron chi connectivity index (χ0n) is 18.7. The maximum absolute atomic E-state index is 14.4. The molecule has 192 valence electrons. The van der Waals surface area contributed by atoms with Crippen LogP contribution >= 0.6 is 0 Å². The summed E-state index contributed by atoms with van der Waals surface area (Å²) in [4.78, 5) is 16.8. The number of aliphatic hydroxyl groups excluding tert-OH is 1. The number of benzene rings is 1. The van der Waals surface area contributed by atoms with Crippen LogP contribution < -0.4 is 10.1 Å². The van der Waals surface area contributed by atoms with Crippen LogP contribution in [0.5, 0.6) is 5.75 Å². The maximum atomic E-state index is 14.4. The van der Waals surface area contributed by atoms with Gasteiger partial charge >= 0.3 is 6.18 Å². The maximum Gasteiger partial charge on any atom is 0.417 e. The molecule has 2 N–H and O–H groups in total. The molecular weight excluding hydrogens is 486 g/mol. The largest absolute Gasteiger partial charge is 0.493 e. The Morgan fingerprint density at radius 1 is 1.31 bits per heavy atom. The Morgan fingerprint density at radius 3 is 2.54 bits per heavy atom. The average molecular weight is 508 g/mol. The molecule has 0 radical (unpaired) electrons. The van der Waals surface area contributed by atoms with Crippen molar-refractivity contribution in [1.82, 2.24) is 4.73 Å². The van der Waals surface area contributed by atoms with E-state index in [0.717, 1.165) is 45.4 Å². The van der Waals surface area contributed by atoms with Gasteiger partial charge in [-0.05, 0) is 25.1 Å². The fraction of sp³-hybridized carbons (Fsp3) is 0.455. The molecule has 13 heteroatoms. The van der Waals surface area contributed by atoms with E-state index in [0.29, 0.717) is 10.8 Å². The van der Waals surface area contributed by atoms with Gasteiger partial charge in [0.25, 0.3) is 5.91 Å². The Morgan fingerprint density at radius 2 is 1.97 bits per heavy atom. The number of nitrogens with zero attached hydrogens (tertiary/aromatic N) is 2. The van der Waals surface area contributed by atoms with Crippen LogP contribution in [-0.4, -0.2) is 52.5 Å². The molecule has 0 bridgehead atoms. The lowest BCUT2D eigenvalue weighted by atomic mass is 9.77. The summed E-state index contributed by atoms with van der Waals surface area (Å²) in [7, 11) is 0.996. The van der Waals surface area contributed by atoms with Gasteiger partial charge < -0.3 is 19.8 Å². The lowest BCUT2D eigenvalue weighted by Crippen LogP contribution is -2.47. The highest BCUT2D eigenvalue weighted by Gasteiger charge is 2.65. The van der Waals surface area contributed by atoms with Crippen molar-refractivity contribution in [1.29, 1.82) is 0 Å². The summed E-state index contributed by atoms with van der Waals surface area (Å²) in [5, 5.41) is 18.4. The first-order valence-corrected chi connectivity index (χ1v) is 10.3. The molecular formula is C22H22F6N2O5. The van der Waals surface area contributed by atoms with E-state index >= 15 is 0 Å². The zero-order valence-corrected chi connectivity index (χ0v) is 18.7. The number of amides is 1. The topological polar surface area (TPSA) is 93.3 Å². The van der Waals surface area contributed by atoms with Crippen molar-refractivity contribution in [2.75, 3.05) is 13.7 Å². The van der Waals surface area contributed by atoms with Crippen LogP contribution in [0.25, 0.3) is 0 Å². The van der Waals surface area contributed by atoms with Gasteiger partial charge in [-0.2, -0.15) is 22.3 Å². The molecule has 1 amide bonds. The molecule has 1 aromatic heterocycles. The first kappa shape index (κ1) is 26.5. The number of carbonyl (C=O) groups is 1. The quantitative estimate of drug-likeness (QED) is 0.476. The second-order valence-corrected chi connectivity index (χ2v) is 8.20. The van der Waals surface area contributed by atoms with Gasteiger partial charge in [0.15, 0.2) is 23.3 Å². The highest BCUT2D eigenvalue weighted by molar-refractivity contribution is 5.83. The van der Waals surface area contributed by atoms with Crippen molar-refractivity contribution in [2.24, 2.45) is 10.9 Å². The summed E-state index contributed by atoms with van der Waals surface area (Å²) in [6, 6.07) is 3.68. The molecule has 0 aliphatic carbocycles. The van der Waals surface area contributed by atoms with Crippen LogP contribution in [0.4, 0.5) is 26.3 Å². The van der Waals surface area contributed by atoms with Crippen LogP contribution in [0, 0.1) is 17.6 Å². The number of aliphatic hydroxyl groups is 1. The lowest BCUT2D eigenvalue weighted by Gasteiger charge is -2.32. The summed E-state index contributed by atoms with van der Waals surface area (Å²) >= 11 is 0. The van der Waals surface area contributed by atoms with Crippen molar-refractivity contribution in [2.45, 2.75) is 43.8 Å². The number of aromatic nitrogens is 1. The van der Waals surface area contributed by atoms with Gasteiger partial charge in [0.2, 0.25) is 5.82 Å². The van der Waals surface area contributed by atoms with Gasteiger partial charge in [0.1, 0.15) is 6.10 Å². The molecule has 5 atom stereocenters. The molecule has 3 rings (SSSR count). The van der Waals surface area contributed by atoms with Gasteiger partial charge in [0.05, 0.1) is 24.8 Å². The second kappa shape index (κ2) is 9.53. The molecule has 0 unspecified atom stereocenters. The van der Waals surface area contributed by atoms with E-state index in [1.54, 1.807) is 0 Å². The monoisotopic (exact) mass is 508 g/mol. The predicted octanol–water partition coefficient (Wildman–Crippen LogP) is 3.58.